The van der Waals surface area contributed by atoms with Crippen LogP contribution in [0.2, 0.25) is 0 Å². The second-order valence-electron chi connectivity index (χ2n) is 4.72. The minimum atomic E-state index is -3.57. The van der Waals surface area contributed by atoms with Crippen molar-refractivity contribution in [3.63, 3.8) is 0 Å². The van der Waals surface area contributed by atoms with Crippen molar-refractivity contribution in [2.45, 2.75) is 24.8 Å². The fourth-order valence-corrected chi connectivity index (χ4v) is 5.74. The van der Waals surface area contributed by atoms with Crippen molar-refractivity contribution in [3.8, 4) is 0 Å². The van der Waals surface area contributed by atoms with E-state index in [-0.39, 0.29) is 10.9 Å². The Morgan fingerprint density at radius 2 is 1.86 bits per heavy atom. The minimum Gasteiger partial charge on any atom is -0.207 e. The number of nitrogens with zero attached hydrogens (tertiary/aromatic N) is 1. The van der Waals surface area contributed by atoms with Crippen LogP contribution in [0.25, 0.3) is 0 Å². The highest BCUT2D eigenvalue weighted by Gasteiger charge is 2.28. The lowest BCUT2D eigenvalue weighted by Crippen LogP contribution is -2.29. The topological polar surface area (TPSA) is 37.4 Å². The van der Waals surface area contributed by atoms with E-state index in [2.05, 4.69) is 31.9 Å². The zero-order chi connectivity index (χ0) is 15.8. The molecule has 1 aromatic heterocycles. The number of thiophene rings is 1. The first-order valence-electron chi connectivity index (χ1n) is 6.23. The SMILES string of the molecule is Cc1ccc(C(C)N(C)S(=O)(=O)c2cc(Br)ccc2Br)s1. The predicted octanol–water partition coefficient (Wildman–Crippen LogP) is 4.96. The third-order valence-electron chi connectivity index (χ3n) is 3.27. The van der Waals surface area contributed by atoms with E-state index >= 15 is 0 Å². The molecule has 2 rings (SSSR count). The van der Waals surface area contributed by atoms with Crippen LogP contribution in [0.15, 0.2) is 44.2 Å². The summed E-state index contributed by atoms with van der Waals surface area (Å²) in [6, 6.07) is 8.92. The largest absolute Gasteiger partial charge is 0.244 e. The molecule has 7 heteroatoms. The van der Waals surface area contributed by atoms with Crippen molar-refractivity contribution < 1.29 is 8.42 Å². The normalized spacial score (nSPS) is 13.6. The average Bonchev–Trinajstić information content (AvgIpc) is 2.86. The van der Waals surface area contributed by atoms with Crippen LogP contribution < -0.4 is 0 Å². The molecule has 1 heterocycles. The van der Waals surface area contributed by atoms with E-state index in [4.69, 9.17) is 0 Å². The van der Waals surface area contributed by atoms with Gasteiger partial charge in [0.05, 0.1) is 10.9 Å². The smallest absolute Gasteiger partial charge is 0.207 e. The molecule has 2 aromatic rings. The Morgan fingerprint density at radius 3 is 2.43 bits per heavy atom. The van der Waals surface area contributed by atoms with Gasteiger partial charge in [0.1, 0.15) is 0 Å². The molecule has 21 heavy (non-hydrogen) atoms. The molecule has 114 valence electrons. The van der Waals surface area contributed by atoms with Crippen LogP contribution >= 0.6 is 43.2 Å². The van der Waals surface area contributed by atoms with Crippen LogP contribution in [0, 0.1) is 6.92 Å². The number of halogens is 2. The molecule has 0 aliphatic carbocycles. The van der Waals surface area contributed by atoms with Gasteiger partial charge in [-0.2, -0.15) is 4.31 Å². The highest BCUT2D eigenvalue weighted by atomic mass is 79.9. The lowest BCUT2D eigenvalue weighted by Gasteiger charge is -2.24. The van der Waals surface area contributed by atoms with Crippen molar-refractivity contribution in [1.82, 2.24) is 4.31 Å². The van der Waals surface area contributed by atoms with Gasteiger partial charge in [-0.15, -0.1) is 11.3 Å². The van der Waals surface area contributed by atoms with Crippen molar-refractivity contribution in [3.05, 3.63) is 49.0 Å². The van der Waals surface area contributed by atoms with Gasteiger partial charge >= 0.3 is 0 Å². The van der Waals surface area contributed by atoms with Crippen LogP contribution in [0.4, 0.5) is 0 Å². The van der Waals surface area contributed by atoms with E-state index < -0.39 is 10.0 Å². The van der Waals surface area contributed by atoms with Crippen molar-refractivity contribution in [2.75, 3.05) is 7.05 Å². The maximum Gasteiger partial charge on any atom is 0.244 e. The monoisotopic (exact) mass is 451 g/mol. The minimum absolute atomic E-state index is 0.209. The van der Waals surface area contributed by atoms with Gasteiger partial charge in [0.2, 0.25) is 10.0 Å². The Bertz CT molecular complexity index is 756. The number of rotatable bonds is 4. The number of hydrogen-bond acceptors (Lipinski definition) is 3. The summed E-state index contributed by atoms with van der Waals surface area (Å²) in [5, 5.41) is 0. The van der Waals surface area contributed by atoms with Gasteiger partial charge in [-0.1, -0.05) is 15.9 Å². The predicted molar refractivity (Wildman–Crippen MR) is 94.3 cm³/mol. The van der Waals surface area contributed by atoms with Crippen LogP contribution in [0.3, 0.4) is 0 Å². The van der Waals surface area contributed by atoms with E-state index in [1.54, 1.807) is 36.6 Å². The van der Waals surface area contributed by atoms with E-state index in [0.29, 0.717) is 4.47 Å². The maximum absolute atomic E-state index is 12.8. The summed E-state index contributed by atoms with van der Waals surface area (Å²) < 4.78 is 28.3. The number of hydrogen-bond donors (Lipinski definition) is 0. The van der Waals surface area contributed by atoms with Gasteiger partial charge in [-0.3, -0.25) is 0 Å². The van der Waals surface area contributed by atoms with Crippen LogP contribution in [-0.4, -0.2) is 19.8 Å². The number of sulfonamides is 1. The van der Waals surface area contributed by atoms with E-state index in [1.165, 1.54) is 9.18 Å². The second-order valence-corrected chi connectivity index (χ2v) is 9.78. The molecule has 0 bridgehead atoms. The van der Waals surface area contributed by atoms with Gasteiger partial charge in [-0.05, 0) is 60.1 Å². The lowest BCUT2D eigenvalue weighted by atomic mass is 10.3. The summed E-state index contributed by atoms with van der Waals surface area (Å²) in [4.78, 5) is 2.47. The number of benzene rings is 1. The Hall–Kier alpha value is -0.210. The molecule has 0 amide bonds. The van der Waals surface area contributed by atoms with Crippen LogP contribution in [0.1, 0.15) is 22.7 Å². The van der Waals surface area contributed by atoms with Crippen LogP contribution in [0.5, 0.6) is 0 Å². The summed E-state index contributed by atoms with van der Waals surface area (Å²) in [7, 11) is -1.95. The fraction of sp³-hybridized carbons (Fsp3) is 0.286. The molecule has 0 aliphatic heterocycles. The quantitative estimate of drug-likeness (QED) is 0.657. The Morgan fingerprint density at radius 1 is 1.19 bits per heavy atom. The maximum atomic E-state index is 12.8. The Labute approximate surface area is 146 Å². The molecule has 0 fully saturated rings. The van der Waals surface area contributed by atoms with Gasteiger partial charge in [-0.25, -0.2) is 8.42 Å². The summed E-state index contributed by atoms with van der Waals surface area (Å²) in [5.41, 5.74) is 0. The van der Waals surface area contributed by atoms with E-state index in [0.717, 1.165) is 9.35 Å². The van der Waals surface area contributed by atoms with Crippen molar-refractivity contribution in [1.29, 1.82) is 0 Å². The standard InChI is InChI=1S/C14H15Br2NO2S2/c1-9-4-7-13(20-9)10(2)17(3)21(18,19)14-8-11(15)5-6-12(14)16/h4-8,10H,1-3H3. The van der Waals surface area contributed by atoms with Crippen molar-refractivity contribution >= 4 is 53.2 Å². The lowest BCUT2D eigenvalue weighted by molar-refractivity contribution is 0.402. The molecule has 3 nitrogen and oxygen atoms in total. The first-order chi connectivity index (χ1) is 9.73. The summed E-state index contributed by atoms with van der Waals surface area (Å²) in [6.07, 6.45) is 0. The molecule has 0 saturated heterocycles. The zero-order valence-corrected chi connectivity index (χ0v) is 16.6. The molecule has 0 N–H and O–H groups in total. The highest BCUT2D eigenvalue weighted by Crippen LogP contribution is 2.33. The first kappa shape index (κ1) is 17.1. The second kappa shape index (κ2) is 6.50. The fourth-order valence-electron chi connectivity index (χ4n) is 1.90. The van der Waals surface area contributed by atoms with Gasteiger partial charge in [0, 0.05) is 25.7 Å². The summed E-state index contributed by atoms with van der Waals surface area (Å²) >= 11 is 8.26. The molecular formula is C14H15Br2NO2S2. The molecule has 1 atom stereocenters. The zero-order valence-electron chi connectivity index (χ0n) is 11.8. The first-order valence-corrected chi connectivity index (χ1v) is 10.1. The Kier molecular flexibility index (Phi) is 5.31. The molecule has 0 aliphatic rings. The van der Waals surface area contributed by atoms with Gasteiger partial charge in [0.25, 0.3) is 0 Å². The molecule has 1 unspecified atom stereocenters. The van der Waals surface area contributed by atoms with Gasteiger partial charge < -0.3 is 0 Å². The average molecular weight is 453 g/mol. The van der Waals surface area contributed by atoms with Gasteiger partial charge in [0.15, 0.2) is 0 Å². The molecular weight excluding hydrogens is 438 g/mol. The third kappa shape index (κ3) is 3.59. The molecule has 0 radical (unpaired) electrons. The van der Waals surface area contributed by atoms with Crippen molar-refractivity contribution in [2.24, 2.45) is 0 Å². The molecule has 1 aromatic carbocycles. The van der Waals surface area contributed by atoms with Crippen LogP contribution in [-0.2, 0) is 10.0 Å². The molecule has 0 spiro atoms. The van der Waals surface area contributed by atoms with E-state index in [1.807, 2.05) is 26.0 Å². The number of aryl methyl sites for hydroxylation is 1. The van der Waals surface area contributed by atoms with E-state index in [9.17, 15) is 8.42 Å². The molecule has 0 saturated carbocycles. The summed E-state index contributed by atoms with van der Waals surface area (Å²) in [6.45, 7) is 3.91. The Balaban J connectivity index is 2.41. The third-order valence-corrected chi connectivity index (χ3v) is 7.85. The summed E-state index contributed by atoms with van der Waals surface area (Å²) in [5.74, 6) is 0. The highest BCUT2D eigenvalue weighted by molar-refractivity contribution is 9.11.